The lowest BCUT2D eigenvalue weighted by atomic mass is 10.2. The van der Waals surface area contributed by atoms with E-state index in [1.165, 1.54) is 12.1 Å². The predicted molar refractivity (Wildman–Crippen MR) is 136 cm³/mol. The van der Waals surface area contributed by atoms with Crippen molar-refractivity contribution in [3.8, 4) is 0 Å². The molecule has 0 spiro atoms. The van der Waals surface area contributed by atoms with Crippen LogP contribution in [-0.4, -0.2) is 47.7 Å². The van der Waals surface area contributed by atoms with Crippen LogP contribution >= 0.6 is 24.0 Å². The third-order valence-corrected chi connectivity index (χ3v) is 4.24. The van der Waals surface area contributed by atoms with Crippen LogP contribution in [0.1, 0.15) is 38.3 Å². The number of amides is 1. The zero-order valence-corrected chi connectivity index (χ0v) is 21.4. The van der Waals surface area contributed by atoms with E-state index in [-0.39, 0.29) is 35.9 Å². The monoisotopic (exact) mass is 557 g/mol. The molecule has 1 aromatic heterocycles. The van der Waals surface area contributed by atoms with E-state index < -0.39 is 5.60 Å². The molecule has 2 rings (SSSR count). The molecule has 9 heteroatoms. The summed E-state index contributed by atoms with van der Waals surface area (Å²) in [5, 5.41) is 6.42. The van der Waals surface area contributed by atoms with Gasteiger partial charge < -0.3 is 20.3 Å². The number of guanidine groups is 1. The number of hydrogen-bond donors (Lipinski definition) is 2. The molecule has 2 N–H and O–H groups in total. The van der Waals surface area contributed by atoms with Crippen molar-refractivity contribution >= 4 is 36.0 Å². The predicted octanol–water partition coefficient (Wildman–Crippen LogP) is 4.33. The number of pyridine rings is 1. The third kappa shape index (κ3) is 10.7. The Morgan fingerprint density at radius 1 is 1.16 bits per heavy atom. The topological polar surface area (TPSA) is 78.9 Å². The minimum Gasteiger partial charge on any atom is -0.444 e. The molecule has 1 aromatic carbocycles. The van der Waals surface area contributed by atoms with E-state index in [0.717, 1.165) is 11.1 Å². The second-order valence-corrected chi connectivity index (χ2v) is 8.10. The van der Waals surface area contributed by atoms with Crippen molar-refractivity contribution in [3.63, 3.8) is 0 Å². The lowest BCUT2D eigenvalue weighted by molar-refractivity contribution is 0.0232. The molecule has 0 fully saturated rings. The Hall–Kier alpha value is -2.43. The van der Waals surface area contributed by atoms with Crippen molar-refractivity contribution in [2.75, 3.05) is 20.1 Å². The van der Waals surface area contributed by atoms with Gasteiger partial charge in [0.25, 0.3) is 0 Å². The lowest BCUT2D eigenvalue weighted by Gasteiger charge is -2.27. The van der Waals surface area contributed by atoms with Gasteiger partial charge in [0.2, 0.25) is 0 Å². The second kappa shape index (κ2) is 13.9. The van der Waals surface area contributed by atoms with Gasteiger partial charge >= 0.3 is 6.09 Å². The summed E-state index contributed by atoms with van der Waals surface area (Å²) in [5.74, 6) is 0.382. The summed E-state index contributed by atoms with van der Waals surface area (Å²) in [6, 6.07) is 10.1. The largest absolute Gasteiger partial charge is 0.444 e. The Kier molecular flexibility index (Phi) is 12.0. The van der Waals surface area contributed by atoms with Crippen LogP contribution in [-0.2, 0) is 17.8 Å². The fourth-order valence-corrected chi connectivity index (χ4v) is 2.76. The maximum absolute atomic E-state index is 13.0. The first-order chi connectivity index (χ1) is 14.8. The zero-order valence-electron chi connectivity index (χ0n) is 19.1. The number of aromatic nitrogens is 1. The van der Waals surface area contributed by atoms with Crippen molar-refractivity contribution in [3.05, 3.63) is 65.7 Å². The number of benzene rings is 1. The standard InChI is InChI=1S/C23H32FN5O2.HI/c1-23(2,3)31-22(30)29(17-19-7-5-12-26-15-19)14-6-13-27-21(25-4)28-16-18-8-10-20(24)11-9-18;/h5,7-12,15H,6,13-14,16-17H2,1-4H3,(H2,25,27,28);1H. The highest BCUT2D eigenvalue weighted by Crippen LogP contribution is 2.12. The van der Waals surface area contributed by atoms with E-state index in [9.17, 15) is 9.18 Å². The van der Waals surface area contributed by atoms with Crippen LogP contribution in [0.3, 0.4) is 0 Å². The minimum absolute atomic E-state index is 0. The van der Waals surface area contributed by atoms with Crippen LogP contribution in [0.5, 0.6) is 0 Å². The third-order valence-electron chi connectivity index (χ3n) is 4.24. The Balaban J connectivity index is 0.00000512. The van der Waals surface area contributed by atoms with E-state index in [0.29, 0.717) is 38.6 Å². The summed E-state index contributed by atoms with van der Waals surface area (Å²) in [6.07, 6.45) is 3.80. The minimum atomic E-state index is -0.561. The number of rotatable bonds is 8. The van der Waals surface area contributed by atoms with E-state index in [1.54, 1.807) is 36.5 Å². The molecule has 0 aliphatic carbocycles. The summed E-state index contributed by atoms with van der Waals surface area (Å²) in [4.78, 5) is 22.6. The van der Waals surface area contributed by atoms with Crippen molar-refractivity contribution in [1.82, 2.24) is 20.5 Å². The van der Waals surface area contributed by atoms with Crippen LogP contribution < -0.4 is 10.6 Å². The molecule has 1 heterocycles. The Bertz CT molecular complexity index is 842. The smallest absolute Gasteiger partial charge is 0.410 e. The fraction of sp³-hybridized carbons (Fsp3) is 0.435. The van der Waals surface area contributed by atoms with Crippen molar-refractivity contribution in [1.29, 1.82) is 0 Å². The molecular formula is C23H33FIN5O2. The Labute approximate surface area is 206 Å². The highest BCUT2D eigenvalue weighted by atomic mass is 127. The highest BCUT2D eigenvalue weighted by molar-refractivity contribution is 14.0. The molecule has 0 saturated heterocycles. The van der Waals surface area contributed by atoms with Gasteiger partial charge in [-0.15, -0.1) is 24.0 Å². The van der Waals surface area contributed by atoms with E-state index in [1.807, 2.05) is 32.9 Å². The van der Waals surface area contributed by atoms with E-state index >= 15 is 0 Å². The number of nitrogens with zero attached hydrogens (tertiary/aromatic N) is 3. The van der Waals surface area contributed by atoms with Crippen LogP contribution in [0.4, 0.5) is 9.18 Å². The molecule has 0 bridgehead atoms. The van der Waals surface area contributed by atoms with Crippen LogP contribution in [0, 0.1) is 5.82 Å². The molecule has 1 amide bonds. The van der Waals surface area contributed by atoms with Gasteiger partial charge in [-0.1, -0.05) is 18.2 Å². The van der Waals surface area contributed by atoms with E-state index in [4.69, 9.17) is 4.74 Å². The molecule has 0 atom stereocenters. The van der Waals surface area contributed by atoms with Gasteiger partial charge in [-0.25, -0.2) is 9.18 Å². The highest BCUT2D eigenvalue weighted by Gasteiger charge is 2.22. The fourth-order valence-electron chi connectivity index (χ4n) is 2.76. The number of nitrogens with one attached hydrogen (secondary N) is 2. The SMILES string of the molecule is CN=C(NCCCN(Cc1cccnc1)C(=O)OC(C)(C)C)NCc1ccc(F)cc1.I. The van der Waals surface area contributed by atoms with Crippen LogP contribution in [0.25, 0.3) is 0 Å². The van der Waals surface area contributed by atoms with Gasteiger partial charge in [-0.2, -0.15) is 0 Å². The first-order valence-electron chi connectivity index (χ1n) is 10.3. The number of carbonyl (C=O) groups excluding carboxylic acids is 1. The van der Waals surface area contributed by atoms with Gasteiger partial charge in [0.15, 0.2) is 5.96 Å². The number of ether oxygens (including phenoxy) is 1. The second-order valence-electron chi connectivity index (χ2n) is 8.10. The summed E-state index contributed by atoms with van der Waals surface area (Å²) in [7, 11) is 1.69. The van der Waals surface area contributed by atoms with Crippen LogP contribution in [0.2, 0.25) is 0 Å². The first kappa shape index (κ1) is 27.6. The molecule has 0 unspecified atom stereocenters. The first-order valence-corrected chi connectivity index (χ1v) is 10.3. The summed E-state index contributed by atoms with van der Waals surface area (Å²) >= 11 is 0. The van der Waals surface area contributed by atoms with Gasteiger partial charge in [0.05, 0.1) is 6.54 Å². The molecule has 0 aliphatic heterocycles. The van der Waals surface area contributed by atoms with Crippen molar-refractivity contribution in [2.24, 2.45) is 4.99 Å². The molecule has 7 nitrogen and oxygen atoms in total. The molecule has 176 valence electrons. The molecule has 0 aliphatic rings. The Morgan fingerprint density at radius 2 is 1.88 bits per heavy atom. The summed E-state index contributed by atoms with van der Waals surface area (Å²) in [5.41, 5.74) is 1.34. The maximum Gasteiger partial charge on any atom is 0.410 e. The number of halogens is 2. The number of aliphatic imine (C=N–C) groups is 1. The molecule has 32 heavy (non-hydrogen) atoms. The van der Waals surface area contributed by atoms with Gasteiger partial charge in [-0.3, -0.25) is 9.98 Å². The molecular weight excluding hydrogens is 524 g/mol. The Morgan fingerprint density at radius 3 is 2.47 bits per heavy atom. The average molecular weight is 557 g/mol. The van der Waals surface area contributed by atoms with Gasteiger partial charge in [-0.05, 0) is 56.5 Å². The molecule has 2 aromatic rings. The van der Waals surface area contributed by atoms with Crippen molar-refractivity contribution < 1.29 is 13.9 Å². The molecule has 0 radical (unpaired) electrons. The van der Waals surface area contributed by atoms with Gasteiger partial charge in [0, 0.05) is 39.1 Å². The molecule has 0 saturated carbocycles. The summed E-state index contributed by atoms with van der Waals surface area (Å²) < 4.78 is 18.6. The van der Waals surface area contributed by atoms with Crippen LogP contribution in [0.15, 0.2) is 53.8 Å². The van der Waals surface area contributed by atoms with Gasteiger partial charge in [0.1, 0.15) is 11.4 Å². The van der Waals surface area contributed by atoms with E-state index in [2.05, 4.69) is 20.6 Å². The normalized spacial score (nSPS) is 11.3. The number of carbonyl (C=O) groups is 1. The average Bonchev–Trinajstić information content (AvgIpc) is 2.73. The van der Waals surface area contributed by atoms with Crippen molar-refractivity contribution in [2.45, 2.75) is 45.9 Å². The quantitative estimate of drug-likeness (QED) is 0.219. The lowest BCUT2D eigenvalue weighted by Crippen LogP contribution is -2.40. The zero-order chi connectivity index (χ0) is 22.7. The summed E-state index contributed by atoms with van der Waals surface area (Å²) in [6.45, 7) is 7.66. The number of hydrogen-bond acceptors (Lipinski definition) is 4. The maximum atomic E-state index is 13.0.